The molecule has 2 heterocycles. The fourth-order valence-electron chi connectivity index (χ4n) is 4.00. The molecule has 1 saturated heterocycles. The van der Waals surface area contributed by atoms with E-state index < -0.39 is 9.84 Å². The molecule has 3 aliphatic rings. The summed E-state index contributed by atoms with van der Waals surface area (Å²) in [5.41, 5.74) is 3.91. The zero-order chi connectivity index (χ0) is 20.4. The van der Waals surface area contributed by atoms with E-state index in [0.29, 0.717) is 12.1 Å². The van der Waals surface area contributed by atoms with Crippen LogP contribution in [0.15, 0.2) is 34.8 Å². The molecule has 1 aromatic rings. The number of sulfone groups is 1. The SMILES string of the molecule is Cc1ccc(C(=O)NCCC2=CCCCC2)cc1NC1=N[C@@H]2CS(=O)(=O)C[C@H]2S1. The zero-order valence-electron chi connectivity index (χ0n) is 16.6. The van der Waals surface area contributed by atoms with Crippen molar-refractivity contribution in [1.29, 1.82) is 0 Å². The number of carbonyl (C=O) groups excluding carboxylic acids is 1. The second kappa shape index (κ2) is 8.52. The van der Waals surface area contributed by atoms with Crippen LogP contribution >= 0.6 is 11.8 Å². The molecule has 6 nitrogen and oxygen atoms in total. The van der Waals surface area contributed by atoms with Crippen molar-refractivity contribution >= 4 is 38.4 Å². The molecule has 0 aromatic heterocycles. The highest BCUT2D eigenvalue weighted by Gasteiger charge is 2.42. The molecule has 0 bridgehead atoms. The molecule has 8 heteroatoms. The molecule has 1 aromatic carbocycles. The van der Waals surface area contributed by atoms with Crippen molar-refractivity contribution in [3.05, 3.63) is 41.0 Å². The average molecular weight is 434 g/mol. The molecule has 0 radical (unpaired) electrons. The van der Waals surface area contributed by atoms with Gasteiger partial charge in [0.15, 0.2) is 15.0 Å². The number of fused-ring (bicyclic) bond motifs is 1. The number of amides is 1. The molecular formula is C21H27N3O3S2. The van der Waals surface area contributed by atoms with Gasteiger partial charge in [0.2, 0.25) is 0 Å². The van der Waals surface area contributed by atoms with Crippen LogP contribution in [0.2, 0.25) is 0 Å². The summed E-state index contributed by atoms with van der Waals surface area (Å²) >= 11 is 1.48. The zero-order valence-corrected chi connectivity index (χ0v) is 18.2. The number of thioether (sulfide) groups is 1. The van der Waals surface area contributed by atoms with Crippen molar-refractivity contribution in [2.45, 2.75) is 50.3 Å². The number of rotatable bonds is 5. The third-order valence-electron chi connectivity index (χ3n) is 5.68. The molecule has 4 rings (SSSR count). The third-order valence-corrected chi connectivity index (χ3v) is 8.82. The van der Waals surface area contributed by atoms with Gasteiger partial charge in [-0.05, 0) is 56.7 Å². The Bertz CT molecular complexity index is 969. The van der Waals surface area contributed by atoms with Gasteiger partial charge in [0.05, 0.1) is 17.5 Å². The van der Waals surface area contributed by atoms with Gasteiger partial charge in [-0.3, -0.25) is 9.79 Å². The van der Waals surface area contributed by atoms with Crippen LogP contribution in [0.5, 0.6) is 0 Å². The van der Waals surface area contributed by atoms with Crippen LogP contribution in [0.25, 0.3) is 0 Å². The summed E-state index contributed by atoms with van der Waals surface area (Å²) in [6.45, 7) is 2.63. The van der Waals surface area contributed by atoms with Gasteiger partial charge in [0.25, 0.3) is 5.91 Å². The Balaban J connectivity index is 1.36. The molecule has 1 aliphatic carbocycles. The second-order valence-corrected chi connectivity index (χ2v) is 11.4. The van der Waals surface area contributed by atoms with Gasteiger partial charge in [0, 0.05) is 23.0 Å². The van der Waals surface area contributed by atoms with Gasteiger partial charge < -0.3 is 10.6 Å². The van der Waals surface area contributed by atoms with Crippen LogP contribution in [-0.4, -0.2) is 48.8 Å². The average Bonchev–Trinajstić information content (AvgIpc) is 3.16. The lowest BCUT2D eigenvalue weighted by molar-refractivity contribution is 0.0954. The van der Waals surface area contributed by atoms with E-state index in [0.717, 1.165) is 35.7 Å². The summed E-state index contributed by atoms with van der Waals surface area (Å²) < 4.78 is 23.4. The number of carbonyl (C=O) groups is 1. The van der Waals surface area contributed by atoms with E-state index >= 15 is 0 Å². The Morgan fingerprint density at radius 2 is 2.14 bits per heavy atom. The first-order valence-corrected chi connectivity index (χ1v) is 12.9. The fraction of sp³-hybridized carbons (Fsp3) is 0.524. The van der Waals surface area contributed by atoms with Gasteiger partial charge in [-0.1, -0.05) is 29.5 Å². The quantitative estimate of drug-likeness (QED) is 0.696. The second-order valence-electron chi connectivity index (χ2n) is 8.00. The van der Waals surface area contributed by atoms with Crippen LogP contribution < -0.4 is 10.6 Å². The van der Waals surface area contributed by atoms with E-state index in [1.54, 1.807) is 0 Å². The smallest absolute Gasteiger partial charge is 0.251 e. The first-order chi connectivity index (χ1) is 13.9. The topological polar surface area (TPSA) is 87.6 Å². The number of benzene rings is 1. The minimum atomic E-state index is -2.96. The molecular weight excluding hydrogens is 406 g/mol. The molecule has 0 unspecified atom stereocenters. The number of anilines is 1. The van der Waals surface area contributed by atoms with E-state index in [1.807, 2.05) is 25.1 Å². The van der Waals surface area contributed by atoms with Crippen molar-refractivity contribution < 1.29 is 13.2 Å². The Kier molecular flexibility index (Phi) is 6.01. The van der Waals surface area contributed by atoms with Gasteiger partial charge in [0.1, 0.15) is 0 Å². The summed E-state index contributed by atoms with van der Waals surface area (Å²) in [6, 6.07) is 5.44. The molecule has 29 heavy (non-hydrogen) atoms. The van der Waals surface area contributed by atoms with E-state index in [-0.39, 0.29) is 28.7 Å². The highest BCUT2D eigenvalue weighted by Crippen LogP contribution is 2.35. The Morgan fingerprint density at radius 3 is 2.90 bits per heavy atom. The van der Waals surface area contributed by atoms with Crippen LogP contribution in [0.1, 0.15) is 48.0 Å². The summed E-state index contributed by atoms with van der Waals surface area (Å²) in [4.78, 5) is 17.1. The third kappa shape index (κ3) is 5.04. The van der Waals surface area contributed by atoms with E-state index in [4.69, 9.17) is 0 Å². The number of aryl methyl sites for hydroxylation is 1. The minimum Gasteiger partial charge on any atom is -0.352 e. The molecule has 1 fully saturated rings. The molecule has 2 atom stereocenters. The van der Waals surface area contributed by atoms with E-state index in [9.17, 15) is 13.2 Å². The van der Waals surface area contributed by atoms with E-state index in [2.05, 4.69) is 21.7 Å². The number of hydrogen-bond donors (Lipinski definition) is 2. The van der Waals surface area contributed by atoms with Crippen molar-refractivity contribution in [3.63, 3.8) is 0 Å². The highest BCUT2D eigenvalue weighted by molar-refractivity contribution is 8.15. The summed E-state index contributed by atoms with van der Waals surface area (Å²) in [6.07, 6.45) is 8.06. The molecule has 2 N–H and O–H groups in total. The lowest BCUT2D eigenvalue weighted by atomic mass is 9.97. The van der Waals surface area contributed by atoms with Crippen molar-refractivity contribution in [2.24, 2.45) is 4.99 Å². The van der Waals surface area contributed by atoms with Crippen LogP contribution in [0, 0.1) is 6.92 Å². The Hall–Kier alpha value is -1.80. The first kappa shape index (κ1) is 20.5. The minimum absolute atomic E-state index is 0.00313. The van der Waals surface area contributed by atoms with Gasteiger partial charge in [-0.15, -0.1) is 0 Å². The van der Waals surface area contributed by atoms with Crippen LogP contribution in [0.4, 0.5) is 5.69 Å². The maximum absolute atomic E-state index is 12.6. The van der Waals surface area contributed by atoms with Crippen LogP contribution in [-0.2, 0) is 9.84 Å². The number of hydrogen-bond acceptors (Lipinski definition) is 6. The maximum Gasteiger partial charge on any atom is 0.251 e. The molecule has 156 valence electrons. The highest BCUT2D eigenvalue weighted by atomic mass is 32.2. The molecule has 0 spiro atoms. The number of nitrogens with zero attached hydrogens (tertiary/aromatic N) is 1. The first-order valence-electron chi connectivity index (χ1n) is 10.2. The fourth-order valence-corrected chi connectivity index (χ4v) is 7.67. The summed E-state index contributed by atoms with van der Waals surface area (Å²) in [5, 5.41) is 7.05. The lowest BCUT2D eigenvalue weighted by Gasteiger charge is -2.14. The molecule has 1 amide bonds. The normalized spacial score (nSPS) is 25.1. The van der Waals surface area contributed by atoms with E-state index in [1.165, 1.54) is 30.2 Å². The number of nitrogens with one attached hydrogen (secondary N) is 2. The summed E-state index contributed by atoms with van der Waals surface area (Å²) in [5.74, 6) is 0.246. The van der Waals surface area contributed by atoms with Crippen molar-refractivity contribution in [1.82, 2.24) is 5.32 Å². The lowest BCUT2D eigenvalue weighted by Crippen LogP contribution is -2.25. The number of allylic oxidation sites excluding steroid dienone is 1. The summed E-state index contributed by atoms with van der Waals surface area (Å²) in [7, 11) is -2.96. The predicted molar refractivity (Wildman–Crippen MR) is 120 cm³/mol. The maximum atomic E-state index is 12.6. The Labute approximate surface area is 176 Å². The largest absolute Gasteiger partial charge is 0.352 e. The predicted octanol–water partition coefficient (Wildman–Crippen LogP) is 3.30. The number of amidine groups is 1. The van der Waals surface area contributed by atoms with Crippen molar-refractivity contribution in [3.8, 4) is 0 Å². The van der Waals surface area contributed by atoms with Gasteiger partial charge >= 0.3 is 0 Å². The van der Waals surface area contributed by atoms with Gasteiger partial charge in [-0.2, -0.15) is 0 Å². The standard InChI is InChI=1S/C21H27N3O3S2/c1-14-7-8-16(20(25)22-10-9-15-5-3-2-4-6-15)11-17(14)23-21-24-18-12-29(26,27)13-19(18)28-21/h5,7-8,11,18-19H,2-4,6,9-10,12-13H2,1H3,(H,22,25)(H,23,24)/t18-,19-/m1/s1. The van der Waals surface area contributed by atoms with Crippen LogP contribution in [0.3, 0.4) is 0 Å². The molecule has 2 aliphatic heterocycles. The van der Waals surface area contributed by atoms with Gasteiger partial charge in [-0.25, -0.2) is 8.42 Å². The van der Waals surface area contributed by atoms with Crippen molar-refractivity contribution in [2.75, 3.05) is 23.4 Å². The molecule has 0 saturated carbocycles. The monoisotopic (exact) mass is 433 g/mol. The number of aliphatic imine (C=N–C) groups is 1. The Morgan fingerprint density at radius 1 is 1.28 bits per heavy atom.